The summed E-state index contributed by atoms with van der Waals surface area (Å²) in [6.45, 7) is 5.86. The van der Waals surface area contributed by atoms with Crippen molar-refractivity contribution in [1.82, 2.24) is 10.5 Å². The van der Waals surface area contributed by atoms with Crippen LogP contribution in [0.3, 0.4) is 0 Å². The molecule has 30 heavy (non-hydrogen) atoms. The molecule has 1 aliphatic heterocycles. The van der Waals surface area contributed by atoms with Gasteiger partial charge in [-0.3, -0.25) is 4.79 Å². The van der Waals surface area contributed by atoms with Crippen molar-refractivity contribution in [3.8, 4) is 0 Å². The zero-order valence-corrected chi connectivity index (χ0v) is 18.3. The summed E-state index contributed by atoms with van der Waals surface area (Å²) < 4.78 is 11.7. The van der Waals surface area contributed by atoms with Crippen molar-refractivity contribution in [3.63, 3.8) is 0 Å². The van der Waals surface area contributed by atoms with Crippen molar-refractivity contribution in [2.75, 3.05) is 6.54 Å². The Morgan fingerprint density at radius 2 is 2.10 bits per heavy atom. The fourth-order valence-electron chi connectivity index (χ4n) is 8.14. The van der Waals surface area contributed by atoms with Crippen molar-refractivity contribution in [3.05, 3.63) is 23.1 Å². The van der Waals surface area contributed by atoms with E-state index in [9.17, 15) is 4.79 Å². The number of aromatic nitrogens is 1. The number of allylic oxidation sites excluding steroid dienone is 1. The first-order valence-corrected chi connectivity index (χ1v) is 12.1. The molecule has 3 saturated carbocycles. The maximum Gasteiger partial charge on any atom is 0.323 e. The SMILES string of the molecule is C[C@]12CC[C@H]3[C@@H](CCC4=Cc5oncc5C[C@@]43C)[C@@H]1CC[C@@H]2OC(=O)[C@@H]1CCCN1. The van der Waals surface area contributed by atoms with Gasteiger partial charge >= 0.3 is 5.97 Å². The van der Waals surface area contributed by atoms with Gasteiger partial charge in [0.2, 0.25) is 0 Å². The van der Waals surface area contributed by atoms with E-state index in [1.54, 1.807) is 5.57 Å². The van der Waals surface area contributed by atoms with Crippen LogP contribution in [0.25, 0.3) is 6.08 Å². The smallest absolute Gasteiger partial charge is 0.323 e. The number of rotatable bonds is 2. The molecule has 0 amide bonds. The summed E-state index contributed by atoms with van der Waals surface area (Å²) in [5.74, 6) is 3.10. The van der Waals surface area contributed by atoms with Crippen LogP contribution in [-0.2, 0) is 16.0 Å². The van der Waals surface area contributed by atoms with Gasteiger partial charge in [0.1, 0.15) is 12.1 Å². The van der Waals surface area contributed by atoms with Gasteiger partial charge in [-0.1, -0.05) is 24.6 Å². The number of nitrogens with zero attached hydrogens (tertiary/aromatic N) is 1. The number of carbonyl (C=O) groups is 1. The molecule has 0 radical (unpaired) electrons. The van der Waals surface area contributed by atoms with Gasteiger partial charge in [-0.25, -0.2) is 0 Å². The van der Waals surface area contributed by atoms with Crippen LogP contribution in [0.5, 0.6) is 0 Å². The number of esters is 1. The van der Waals surface area contributed by atoms with Crippen LogP contribution in [0.4, 0.5) is 0 Å². The molecule has 0 bridgehead atoms. The maximum atomic E-state index is 12.7. The zero-order chi connectivity index (χ0) is 20.5. The number of fused-ring (bicyclic) bond motifs is 6. The van der Waals surface area contributed by atoms with Crippen LogP contribution in [0.15, 0.2) is 16.3 Å². The van der Waals surface area contributed by atoms with E-state index in [1.165, 1.54) is 37.7 Å². The summed E-state index contributed by atoms with van der Waals surface area (Å²) in [5.41, 5.74) is 3.22. The lowest BCUT2D eigenvalue weighted by Crippen LogP contribution is -2.52. The average molecular weight is 411 g/mol. The lowest BCUT2D eigenvalue weighted by atomic mass is 9.47. The van der Waals surface area contributed by atoms with Crippen LogP contribution in [-0.4, -0.2) is 29.8 Å². The molecule has 1 N–H and O–H groups in total. The highest BCUT2D eigenvalue weighted by atomic mass is 16.5. The van der Waals surface area contributed by atoms with Gasteiger partial charge in [-0.2, -0.15) is 0 Å². The Balaban J connectivity index is 1.23. The summed E-state index contributed by atoms with van der Waals surface area (Å²) in [7, 11) is 0. The van der Waals surface area contributed by atoms with Gasteiger partial charge in [0.25, 0.3) is 0 Å². The lowest BCUT2D eigenvalue weighted by molar-refractivity contribution is -0.161. The minimum absolute atomic E-state index is 0.00501. The quantitative estimate of drug-likeness (QED) is 0.726. The Hall–Kier alpha value is -1.62. The van der Waals surface area contributed by atoms with Crippen molar-refractivity contribution in [1.29, 1.82) is 0 Å². The van der Waals surface area contributed by atoms with E-state index in [2.05, 4.69) is 30.4 Å². The molecule has 0 aromatic carbocycles. The van der Waals surface area contributed by atoms with Gasteiger partial charge in [0.15, 0.2) is 5.76 Å². The molecule has 2 heterocycles. The van der Waals surface area contributed by atoms with E-state index in [-0.39, 0.29) is 28.9 Å². The normalized spacial score (nSPS) is 44.5. The highest BCUT2D eigenvalue weighted by molar-refractivity contribution is 5.76. The van der Waals surface area contributed by atoms with Crippen molar-refractivity contribution >= 4 is 12.0 Å². The number of nitrogens with one attached hydrogen (secondary N) is 1. The Morgan fingerprint density at radius 1 is 1.20 bits per heavy atom. The molecule has 5 nitrogen and oxygen atoms in total. The first kappa shape index (κ1) is 19.1. The molecule has 4 aliphatic carbocycles. The fourth-order valence-corrected chi connectivity index (χ4v) is 8.14. The van der Waals surface area contributed by atoms with Gasteiger partial charge in [0.05, 0.1) is 6.20 Å². The van der Waals surface area contributed by atoms with Gasteiger partial charge in [0, 0.05) is 11.0 Å². The molecule has 1 aromatic rings. The van der Waals surface area contributed by atoms with Crippen LogP contribution in [0.2, 0.25) is 0 Å². The predicted molar refractivity (Wildman–Crippen MR) is 113 cm³/mol. The average Bonchev–Trinajstić information content (AvgIpc) is 3.46. The molecule has 1 aromatic heterocycles. The first-order chi connectivity index (χ1) is 14.5. The van der Waals surface area contributed by atoms with E-state index >= 15 is 0 Å². The molecule has 1 saturated heterocycles. The zero-order valence-electron chi connectivity index (χ0n) is 18.3. The van der Waals surface area contributed by atoms with E-state index in [1.807, 2.05) is 6.20 Å². The summed E-state index contributed by atoms with van der Waals surface area (Å²) in [4.78, 5) is 12.7. The van der Waals surface area contributed by atoms with E-state index in [4.69, 9.17) is 9.26 Å². The number of hydrogen-bond donors (Lipinski definition) is 1. The minimum Gasteiger partial charge on any atom is -0.461 e. The predicted octanol–water partition coefficient (Wildman–Crippen LogP) is 4.52. The standard InChI is InChI=1S/C25H34N2O3/c1-24-10-9-19-17(6-5-16-12-21-15(14-27-30-21)13-25(16,19)2)18(24)7-8-22(24)29-23(28)20-4-3-11-26-20/h12,14,17-20,22,26H,3-11,13H2,1-2H3/t17-,18-,19-,20-,22-,24-,25-/m0/s1. The van der Waals surface area contributed by atoms with E-state index < -0.39 is 0 Å². The Morgan fingerprint density at radius 3 is 2.93 bits per heavy atom. The Labute approximate surface area is 179 Å². The summed E-state index contributed by atoms with van der Waals surface area (Å²) in [6, 6.07) is -0.0784. The molecule has 0 spiro atoms. The third-order valence-corrected chi connectivity index (χ3v) is 9.79. The first-order valence-electron chi connectivity index (χ1n) is 12.1. The molecular formula is C25H34N2O3. The van der Waals surface area contributed by atoms with Crippen LogP contribution >= 0.6 is 0 Å². The van der Waals surface area contributed by atoms with Gasteiger partial charge < -0.3 is 14.6 Å². The summed E-state index contributed by atoms with van der Waals surface area (Å²) in [6.07, 6.45) is 14.5. The van der Waals surface area contributed by atoms with Crippen LogP contribution in [0.1, 0.15) is 76.5 Å². The molecule has 5 heteroatoms. The largest absolute Gasteiger partial charge is 0.461 e. The topological polar surface area (TPSA) is 64.4 Å². The fraction of sp³-hybridized carbons (Fsp3) is 0.760. The van der Waals surface area contributed by atoms with Gasteiger partial charge in [-0.05, 0) is 93.6 Å². The maximum absolute atomic E-state index is 12.7. The highest BCUT2D eigenvalue weighted by Crippen LogP contribution is 2.65. The molecule has 7 atom stereocenters. The molecule has 0 unspecified atom stereocenters. The molecule has 4 fully saturated rings. The van der Waals surface area contributed by atoms with Crippen molar-refractivity contribution in [2.45, 2.75) is 83.8 Å². The van der Waals surface area contributed by atoms with Gasteiger partial charge in [-0.15, -0.1) is 0 Å². The monoisotopic (exact) mass is 410 g/mol. The highest BCUT2D eigenvalue weighted by Gasteiger charge is 2.60. The van der Waals surface area contributed by atoms with Crippen LogP contribution < -0.4 is 5.32 Å². The third kappa shape index (κ3) is 2.63. The molecule has 5 aliphatic rings. The molecule has 6 rings (SSSR count). The Kier molecular flexibility index (Phi) is 4.26. The van der Waals surface area contributed by atoms with Crippen molar-refractivity contribution < 1.29 is 14.1 Å². The number of carbonyl (C=O) groups excluding carboxylic acids is 1. The van der Waals surface area contributed by atoms with Crippen LogP contribution in [0, 0.1) is 28.6 Å². The molecular weight excluding hydrogens is 376 g/mol. The van der Waals surface area contributed by atoms with E-state index in [0.717, 1.165) is 43.9 Å². The number of hydrogen-bond acceptors (Lipinski definition) is 5. The summed E-state index contributed by atoms with van der Waals surface area (Å²) in [5, 5.41) is 7.37. The van der Waals surface area contributed by atoms with E-state index in [0.29, 0.717) is 11.8 Å². The second-order valence-corrected chi connectivity index (χ2v) is 11.1. The molecule has 162 valence electrons. The third-order valence-electron chi connectivity index (χ3n) is 9.79. The Bertz CT molecular complexity index is 885. The van der Waals surface area contributed by atoms with Crippen molar-refractivity contribution in [2.24, 2.45) is 28.6 Å². The lowest BCUT2D eigenvalue weighted by Gasteiger charge is -2.57. The minimum atomic E-state index is -0.0784. The second kappa shape index (κ2) is 6.69. The summed E-state index contributed by atoms with van der Waals surface area (Å²) >= 11 is 0. The number of ether oxygens (including phenoxy) is 1. The second-order valence-electron chi connectivity index (χ2n) is 11.1.